The maximum Gasteiger partial charge on any atom is 0.264 e. The van der Waals surface area contributed by atoms with Gasteiger partial charge in [-0.1, -0.05) is 12.1 Å². The third kappa shape index (κ3) is 17.9. The number of carbonyl (C=O) groups is 2. The van der Waals surface area contributed by atoms with Gasteiger partial charge in [-0.25, -0.2) is 9.97 Å². The largest absolute Gasteiger partial charge is 0.353 e. The summed E-state index contributed by atoms with van der Waals surface area (Å²) in [5, 5.41) is 5.50. The summed E-state index contributed by atoms with van der Waals surface area (Å²) < 4.78 is 54.5. The third-order valence-electron chi connectivity index (χ3n) is 7.44. The minimum absolute atomic E-state index is 0.0832. The fraction of sp³-hybridized carbons (Fsp3) is 0.600. The Labute approximate surface area is 284 Å². The number of hydrogen-bond acceptors (Lipinski definition) is 12. The molecule has 48 heavy (non-hydrogen) atoms. The van der Waals surface area contributed by atoms with Crippen LogP contribution in [0, 0.1) is 0 Å². The van der Waals surface area contributed by atoms with E-state index in [4.69, 9.17) is 8.37 Å². The first-order valence-electron chi connectivity index (χ1n) is 15.9. The van der Waals surface area contributed by atoms with Crippen molar-refractivity contribution in [2.75, 3.05) is 104 Å². The highest BCUT2D eigenvalue weighted by Crippen LogP contribution is 2.06. The van der Waals surface area contributed by atoms with Crippen molar-refractivity contribution in [3.63, 3.8) is 0 Å². The second-order valence-electron chi connectivity index (χ2n) is 11.6. The molecule has 2 aromatic heterocycles. The van der Waals surface area contributed by atoms with Crippen molar-refractivity contribution in [1.29, 1.82) is 0 Å². The minimum atomic E-state index is -3.59. The van der Waals surface area contributed by atoms with Crippen LogP contribution in [0.3, 0.4) is 0 Å². The van der Waals surface area contributed by atoms with Gasteiger partial charge in [-0.3, -0.25) is 37.6 Å². The highest BCUT2D eigenvalue weighted by Gasteiger charge is 2.21. The zero-order chi connectivity index (χ0) is 34.8. The van der Waals surface area contributed by atoms with Crippen molar-refractivity contribution in [2.45, 2.75) is 13.1 Å². The van der Waals surface area contributed by atoms with Crippen LogP contribution in [0.1, 0.15) is 11.4 Å². The molecule has 0 atom stereocenters. The summed E-state index contributed by atoms with van der Waals surface area (Å²) in [7, 11) is -7.17. The van der Waals surface area contributed by atoms with Crippen molar-refractivity contribution in [3.8, 4) is 0 Å². The SMILES string of the molecule is CS(=O)(=O)OCCNC(=O)CN1CCN(Cc2cccc[nH+]2)CCN(CC(=O)NCCOS(C)(=O)=O)CCN(Cc2cccc[nH+]2)CC1. The second kappa shape index (κ2) is 20.4. The molecule has 2 amide bonds. The van der Waals surface area contributed by atoms with Crippen molar-refractivity contribution in [2.24, 2.45) is 0 Å². The van der Waals surface area contributed by atoms with E-state index < -0.39 is 20.2 Å². The minimum Gasteiger partial charge on any atom is -0.353 e. The second-order valence-corrected chi connectivity index (χ2v) is 14.9. The Morgan fingerprint density at radius 2 is 0.979 bits per heavy atom. The van der Waals surface area contributed by atoms with E-state index in [-0.39, 0.29) is 51.2 Å². The number of aromatic nitrogens is 2. The van der Waals surface area contributed by atoms with Crippen LogP contribution in [-0.2, 0) is 51.3 Å². The van der Waals surface area contributed by atoms with Crippen LogP contribution in [-0.4, -0.2) is 153 Å². The van der Waals surface area contributed by atoms with Gasteiger partial charge in [-0.2, -0.15) is 16.8 Å². The van der Waals surface area contributed by atoms with Gasteiger partial charge in [0.15, 0.2) is 23.8 Å². The maximum atomic E-state index is 12.9. The lowest BCUT2D eigenvalue weighted by molar-refractivity contribution is -0.393. The van der Waals surface area contributed by atoms with Gasteiger partial charge in [0, 0.05) is 89.7 Å². The number of H-pyrrole nitrogens is 2. The molecule has 1 aliphatic heterocycles. The monoisotopic (exact) mass is 714 g/mol. The Bertz CT molecular complexity index is 1340. The number of pyridine rings is 2. The van der Waals surface area contributed by atoms with Crippen LogP contribution in [0.4, 0.5) is 0 Å². The predicted molar refractivity (Wildman–Crippen MR) is 177 cm³/mol. The first-order valence-corrected chi connectivity index (χ1v) is 19.5. The molecule has 0 radical (unpaired) electrons. The molecular weight excluding hydrogens is 665 g/mol. The van der Waals surface area contributed by atoms with E-state index in [9.17, 15) is 26.4 Å². The van der Waals surface area contributed by atoms with E-state index in [1.807, 2.05) is 48.8 Å². The summed E-state index contributed by atoms with van der Waals surface area (Å²) in [5.41, 5.74) is 2.06. The van der Waals surface area contributed by atoms with Crippen molar-refractivity contribution < 1.29 is 44.8 Å². The fourth-order valence-corrected chi connectivity index (χ4v) is 5.81. The number of amides is 2. The number of rotatable bonds is 16. The lowest BCUT2D eigenvalue weighted by atomic mass is 10.2. The van der Waals surface area contributed by atoms with E-state index in [0.29, 0.717) is 65.4 Å². The smallest absolute Gasteiger partial charge is 0.264 e. The molecule has 0 aromatic carbocycles. The lowest BCUT2D eigenvalue weighted by Gasteiger charge is -2.33. The average Bonchev–Trinajstić information content (AvgIpc) is 3.02. The van der Waals surface area contributed by atoms with E-state index >= 15 is 0 Å². The van der Waals surface area contributed by atoms with Crippen LogP contribution in [0.25, 0.3) is 0 Å². The van der Waals surface area contributed by atoms with Gasteiger partial charge < -0.3 is 10.6 Å². The first kappa shape index (κ1) is 39.3. The highest BCUT2D eigenvalue weighted by molar-refractivity contribution is 7.86. The maximum absolute atomic E-state index is 12.9. The van der Waals surface area contributed by atoms with Crippen molar-refractivity contribution >= 4 is 32.1 Å². The van der Waals surface area contributed by atoms with Crippen LogP contribution in [0.2, 0.25) is 0 Å². The molecule has 0 aliphatic carbocycles. The Morgan fingerprint density at radius 1 is 0.625 bits per heavy atom. The van der Waals surface area contributed by atoms with Crippen LogP contribution in [0.15, 0.2) is 48.8 Å². The van der Waals surface area contributed by atoms with E-state index in [2.05, 4.69) is 40.2 Å². The molecule has 268 valence electrons. The lowest BCUT2D eigenvalue weighted by Crippen LogP contribution is -2.49. The number of nitrogens with zero attached hydrogens (tertiary/aromatic N) is 4. The van der Waals surface area contributed by atoms with E-state index in [1.54, 1.807) is 0 Å². The molecule has 18 heteroatoms. The molecule has 0 bridgehead atoms. The fourth-order valence-electron chi connectivity index (χ4n) is 5.04. The summed E-state index contributed by atoms with van der Waals surface area (Å²) in [4.78, 5) is 41.0. The topological polar surface area (TPSA) is 186 Å². The quantitative estimate of drug-likeness (QED) is 0.137. The molecular formula is C30H50N8O8S2+2. The molecule has 0 unspecified atom stereocenters. The molecule has 3 rings (SSSR count). The molecule has 1 aliphatic rings. The van der Waals surface area contributed by atoms with Gasteiger partial charge in [0.2, 0.25) is 11.8 Å². The Morgan fingerprint density at radius 3 is 1.29 bits per heavy atom. The molecule has 3 heterocycles. The molecule has 0 spiro atoms. The highest BCUT2D eigenvalue weighted by atomic mass is 32.2. The molecule has 1 saturated heterocycles. The Kier molecular flexibility index (Phi) is 16.7. The van der Waals surface area contributed by atoms with Crippen LogP contribution in [0.5, 0.6) is 0 Å². The van der Waals surface area contributed by atoms with Crippen LogP contribution >= 0.6 is 0 Å². The summed E-state index contributed by atoms with van der Waals surface area (Å²) in [6, 6.07) is 11.8. The summed E-state index contributed by atoms with van der Waals surface area (Å²) in [6.07, 6.45) is 5.69. The predicted octanol–water partition coefficient (Wildman–Crippen LogP) is -2.58. The van der Waals surface area contributed by atoms with Crippen LogP contribution < -0.4 is 20.6 Å². The molecule has 16 nitrogen and oxygen atoms in total. The van der Waals surface area contributed by atoms with E-state index in [1.165, 1.54) is 0 Å². The van der Waals surface area contributed by atoms with Gasteiger partial charge in [0.25, 0.3) is 20.2 Å². The number of carbonyl (C=O) groups excluding carboxylic acids is 2. The summed E-state index contributed by atoms with van der Waals surface area (Å²) in [5.74, 6) is -0.437. The molecule has 0 saturated carbocycles. The molecule has 4 N–H and O–H groups in total. The van der Waals surface area contributed by atoms with E-state index in [0.717, 1.165) is 23.9 Å². The Balaban J connectivity index is 1.71. The zero-order valence-corrected chi connectivity index (χ0v) is 29.4. The normalized spacial score (nSPS) is 16.9. The molecule has 1 fully saturated rings. The summed E-state index contributed by atoms with van der Waals surface area (Å²) in [6.45, 7) is 6.51. The van der Waals surface area contributed by atoms with Crippen molar-refractivity contribution in [1.82, 2.24) is 30.2 Å². The van der Waals surface area contributed by atoms with Gasteiger partial charge in [-0.05, 0) is 0 Å². The zero-order valence-electron chi connectivity index (χ0n) is 27.8. The van der Waals surface area contributed by atoms with Gasteiger partial charge >= 0.3 is 0 Å². The number of aromatic amines is 2. The van der Waals surface area contributed by atoms with Gasteiger partial charge in [0.05, 0.1) is 51.9 Å². The standard InChI is InChI=1S/C30H48N8O8S2/c1-47(41,42)45-21-11-33-29(39)25-37-17-13-35(23-27-7-3-5-9-31-27)15-19-38(26-30(40)34-12-22-46-48(2,43)44)20-16-36(14-18-37)24-28-8-4-6-10-32-28/h3-10H,11-26H2,1-2H3,(H,33,39)(H,34,40)/p+2. The third-order valence-corrected chi connectivity index (χ3v) is 8.63. The average molecular weight is 715 g/mol. The summed E-state index contributed by atoms with van der Waals surface area (Å²) >= 11 is 0. The van der Waals surface area contributed by atoms with Crippen molar-refractivity contribution in [3.05, 3.63) is 60.2 Å². The number of nitrogens with one attached hydrogen (secondary N) is 4. The Hall–Kier alpha value is -3.10. The van der Waals surface area contributed by atoms with Gasteiger partial charge in [-0.15, -0.1) is 0 Å². The molecule has 2 aromatic rings. The first-order chi connectivity index (χ1) is 22.8. The number of hydrogen-bond donors (Lipinski definition) is 2. The van der Waals surface area contributed by atoms with Gasteiger partial charge in [0.1, 0.15) is 0 Å².